The molecule has 0 bridgehead atoms. The Morgan fingerprint density at radius 3 is 2.61 bits per heavy atom. The molecule has 0 aromatic heterocycles. The number of benzene rings is 1. The molecule has 1 aromatic rings. The van der Waals surface area contributed by atoms with E-state index in [4.69, 9.17) is 14.6 Å². The Kier molecular flexibility index (Phi) is 3.75. The summed E-state index contributed by atoms with van der Waals surface area (Å²) in [6.07, 6.45) is 2.91. The number of hydrogen-bond donors (Lipinski definition) is 1. The fourth-order valence-electron chi connectivity index (χ4n) is 2.62. The van der Waals surface area contributed by atoms with Gasteiger partial charge in [-0.05, 0) is 48.4 Å². The van der Waals surface area contributed by atoms with Gasteiger partial charge in [0.1, 0.15) is 0 Å². The summed E-state index contributed by atoms with van der Waals surface area (Å²) < 4.78 is 10.6. The number of methoxy groups -OCH3 is 2. The molecular formula is C14H18O4. The number of carboxylic acid groups (broad SMARTS) is 1. The topological polar surface area (TPSA) is 55.8 Å². The highest BCUT2D eigenvalue weighted by Crippen LogP contribution is 2.42. The van der Waals surface area contributed by atoms with E-state index in [9.17, 15) is 4.79 Å². The molecule has 2 rings (SSSR count). The third kappa shape index (κ3) is 2.42. The Morgan fingerprint density at radius 1 is 1.33 bits per heavy atom. The van der Waals surface area contributed by atoms with Crippen LogP contribution >= 0.6 is 0 Å². The van der Waals surface area contributed by atoms with Crippen LogP contribution in [0.1, 0.15) is 36.3 Å². The van der Waals surface area contributed by atoms with E-state index in [1.165, 1.54) is 11.1 Å². The van der Waals surface area contributed by atoms with E-state index in [1.807, 2.05) is 12.1 Å². The average Bonchev–Trinajstić information content (AvgIpc) is 2.76. The normalized spacial score (nSPS) is 17.3. The lowest BCUT2D eigenvalue weighted by Gasteiger charge is -2.13. The van der Waals surface area contributed by atoms with E-state index in [0.29, 0.717) is 12.3 Å². The van der Waals surface area contributed by atoms with Gasteiger partial charge in [-0.15, -0.1) is 0 Å². The van der Waals surface area contributed by atoms with Gasteiger partial charge in [0.25, 0.3) is 0 Å². The zero-order chi connectivity index (χ0) is 13.1. The maximum Gasteiger partial charge on any atom is 0.303 e. The van der Waals surface area contributed by atoms with Crippen molar-refractivity contribution in [3.63, 3.8) is 0 Å². The van der Waals surface area contributed by atoms with Gasteiger partial charge in [-0.25, -0.2) is 0 Å². The summed E-state index contributed by atoms with van der Waals surface area (Å²) in [6.45, 7) is 0. The molecule has 4 heteroatoms. The zero-order valence-corrected chi connectivity index (χ0v) is 10.7. The minimum Gasteiger partial charge on any atom is -0.493 e. The van der Waals surface area contributed by atoms with E-state index < -0.39 is 5.97 Å². The molecule has 0 fully saturated rings. The molecule has 1 aliphatic rings. The zero-order valence-electron chi connectivity index (χ0n) is 10.7. The number of hydrogen-bond acceptors (Lipinski definition) is 3. The Balaban J connectivity index is 2.23. The molecule has 18 heavy (non-hydrogen) atoms. The van der Waals surface area contributed by atoms with Gasteiger partial charge in [-0.2, -0.15) is 0 Å². The number of ether oxygens (including phenoxy) is 2. The molecule has 0 heterocycles. The molecule has 0 saturated heterocycles. The van der Waals surface area contributed by atoms with Crippen molar-refractivity contribution in [2.24, 2.45) is 0 Å². The Bertz CT molecular complexity index is 453. The maximum atomic E-state index is 10.6. The molecule has 0 saturated carbocycles. The second-order valence-corrected chi connectivity index (χ2v) is 4.57. The van der Waals surface area contributed by atoms with Crippen LogP contribution in [0.4, 0.5) is 0 Å². The van der Waals surface area contributed by atoms with Crippen molar-refractivity contribution in [3.05, 3.63) is 23.3 Å². The smallest absolute Gasteiger partial charge is 0.303 e. The molecule has 0 spiro atoms. The number of carboxylic acids is 1. The minimum absolute atomic E-state index is 0.221. The highest BCUT2D eigenvalue weighted by Gasteiger charge is 2.25. The lowest BCUT2D eigenvalue weighted by Crippen LogP contribution is -2.01. The first-order valence-electron chi connectivity index (χ1n) is 6.12. The molecule has 0 aliphatic heterocycles. The summed E-state index contributed by atoms with van der Waals surface area (Å²) in [4.78, 5) is 10.6. The van der Waals surface area contributed by atoms with Crippen LogP contribution in [-0.2, 0) is 11.2 Å². The predicted molar refractivity (Wildman–Crippen MR) is 67.5 cm³/mol. The van der Waals surface area contributed by atoms with Crippen LogP contribution in [0, 0.1) is 0 Å². The molecule has 1 atom stereocenters. The fourth-order valence-corrected chi connectivity index (χ4v) is 2.62. The first-order valence-corrected chi connectivity index (χ1v) is 6.12. The van der Waals surface area contributed by atoms with Crippen LogP contribution in [0.3, 0.4) is 0 Å². The summed E-state index contributed by atoms with van der Waals surface area (Å²) >= 11 is 0. The Labute approximate surface area is 107 Å². The molecule has 0 amide bonds. The molecule has 1 aromatic carbocycles. The number of aliphatic carboxylic acids is 1. The van der Waals surface area contributed by atoms with Crippen molar-refractivity contribution >= 4 is 5.97 Å². The number of carbonyl (C=O) groups is 1. The van der Waals surface area contributed by atoms with Crippen molar-refractivity contribution in [2.45, 2.75) is 31.6 Å². The summed E-state index contributed by atoms with van der Waals surface area (Å²) in [5.41, 5.74) is 2.47. The van der Waals surface area contributed by atoms with Crippen molar-refractivity contribution in [1.82, 2.24) is 0 Å². The SMILES string of the molecule is COc1cc2c(cc1OC)C(CCC(=O)O)CC2. The Hall–Kier alpha value is -1.71. The summed E-state index contributed by atoms with van der Waals surface area (Å²) in [5, 5.41) is 8.76. The van der Waals surface area contributed by atoms with Gasteiger partial charge in [0, 0.05) is 6.42 Å². The number of rotatable bonds is 5. The highest BCUT2D eigenvalue weighted by atomic mass is 16.5. The van der Waals surface area contributed by atoms with Gasteiger partial charge in [0.15, 0.2) is 11.5 Å². The number of aryl methyl sites for hydroxylation is 1. The van der Waals surface area contributed by atoms with E-state index >= 15 is 0 Å². The average molecular weight is 250 g/mol. The molecule has 1 N–H and O–H groups in total. The monoisotopic (exact) mass is 250 g/mol. The lowest BCUT2D eigenvalue weighted by atomic mass is 9.96. The van der Waals surface area contributed by atoms with Gasteiger partial charge in [-0.1, -0.05) is 0 Å². The third-order valence-electron chi connectivity index (χ3n) is 3.55. The summed E-state index contributed by atoms with van der Waals surface area (Å²) in [7, 11) is 3.24. The second-order valence-electron chi connectivity index (χ2n) is 4.57. The highest BCUT2D eigenvalue weighted by molar-refractivity contribution is 5.66. The van der Waals surface area contributed by atoms with Crippen LogP contribution < -0.4 is 9.47 Å². The van der Waals surface area contributed by atoms with Crippen molar-refractivity contribution in [3.8, 4) is 11.5 Å². The van der Waals surface area contributed by atoms with E-state index in [1.54, 1.807) is 14.2 Å². The van der Waals surface area contributed by atoms with Crippen molar-refractivity contribution < 1.29 is 19.4 Å². The van der Waals surface area contributed by atoms with Crippen LogP contribution in [0.2, 0.25) is 0 Å². The van der Waals surface area contributed by atoms with Gasteiger partial charge in [0.05, 0.1) is 14.2 Å². The molecular weight excluding hydrogens is 232 g/mol. The molecule has 1 aliphatic carbocycles. The quantitative estimate of drug-likeness (QED) is 0.872. The van der Waals surface area contributed by atoms with Crippen molar-refractivity contribution in [2.75, 3.05) is 14.2 Å². The molecule has 1 unspecified atom stereocenters. The Morgan fingerprint density at radius 2 is 2.00 bits per heavy atom. The third-order valence-corrected chi connectivity index (χ3v) is 3.55. The first kappa shape index (κ1) is 12.7. The van der Waals surface area contributed by atoms with E-state index in [2.05, 4.69) is 0 Å². The van der Waals surface area contributed by atoms with Crippen LogP contribution in [0.15, 0.2) is 12.1 Å². The van der Waals surface area contributed by atoms with Gasteiger partial charge in [0.2, 0.25) is 0 Å². The number of fused-ring (bicyclic) bond motifs is 1. The first-order chi connectivity index (χ1) is 8.65. The van der Waals surface area contributed by atoms with Crippen LogP contribution in [-0.4, -0.2) is 25.3 Å². The lowest BCUT2D eigenvalue weighted by molar-refractivity contribution is -0.137. The second kappa shape index (κ2) is 5.29. The van der Waals surface area contributed by atoms with Crippen molar-refractivity contribution in [1.29, 1.82) is 0 Å². The van der Waals surface area contributed by atoms with E-state index in [-0.39, 0.29) is 6.42 Å². The maximum absolute atomic E-state index is 10.6. The van der Waals surface area contributed by atoms with Crippen LogP contribution in [0.5, 0.6) is 11.5 Å². The fraction of sp³-hybridized carbons (Fsp3) is 0.500. The summed E-state index contributed by atoms with van der Waals surface area (Å²) in [5.74, 6) is 1.06. The largest absolute Gasteiger partial charge is 0.493 e. The van der Waals surface area contributed by atoms with Gasteiger partial charge in [-0.3, -0.25) is 4.79 Å². The van der Waals surface area contributed by atoms with Gasteiger partial charge >= 0.3 is 5.97 Å². The minimum atomic E-state index is -0.732. The standard InChI is InChI=1S/C14H18O4/c1-17-12-7-10-4-3-9(5-6-14(15)16)11(10)8-13(12)18-2/h7-9H,3-6H2,1-2H3,(H,15,16). The molecule has 98 valence electrons. The van der Waals surface area contributed by atoms with Gasteiger partial charge < -0.3 is 14.6 Å². The summed E-state index contributed by atoms with van der Waals surface area (Å²) in [6, 6.07) is 4.00. The predicted octanol–water partition coefficient (Wildman–Crippen LogP) is 2.60. The van der Waals surface area contributed by atoms with E-state index in [0.717, 1.165) is 24.3 Å². The molecule has 4 nitrogen and oxygen atoms in total. The van der Waals surface area contributed by atoms with Crippen LogP contribution in [0.25, 0.3) is 0 Å². The molecule has 0 radical (unpaired) electrons.